The molecule has 1 amide bonds. The lowest BCUT2D eigenvalue weighted by atomic mass is 9.92. The second kappa shape index (κ2) is 7.61. The molecule has 0 fully saturated rings. The highest BCUT2D eigenvalue weighted by molar-refractivity contribution is 5.88. The van der Waals surface area contributed by atoms with Gasteiger partial charge in [0.25, 0.3) is 0 Å². The smallest absolute Gasteiger partial charge is 0.328 e. The van der Waals surface area contributed by atoms with E-state index in [9.17, 15) is 9.59 Å². The van der Waals surface area contributed by atoms with Gasteiger partial charge in [0.2, 0.25) is 5.91 Å². The lowest BCUT2D eigenvalue weighted by molar-refractivity contribution is -0.143. The molecule has 1 aliphatic rings. The van der Waals surface area contributed by atoms with E-state index in [-0.39, 0.29) is 19.1 Å². The van der Waals surface area contributed by atoms with Crippen molar-refractivity contribution in [2.75, 3.05) is 19.8 Å². The van der Waals surface area contributed by atoms with Crippen LogP contribution in [0.3, 0.4) is 0 Å². The molecule has 1 aromatic carbocycles. The van der Waals surface area contributed by atoms with Crippen LogP contribution in [0.4, 0.5) is 0 Å². The largest absolute Gasteiger partial charge is 0.493 e. The summed E-state index contributed by atoms with van der Waals surface area (Å²) in [7, 11) is 0. The summed E-state index contributed by atoms with van der Waals surface area (Å²) in [4.78, 5) is 23.6. The van der Waals surface area contributed by atoms with Crippen LogP contribution in [0.25, 0.3) is 0 Å². The molecule has 0 bridgehead atoms. The number of carboxylic acids is 1. The van der Waals surface area contributed by atoms with Crippen molar-refractivity contribution in [3.05, 3.63) is 42.5 Å². The van der Waals surface area contributed by atoms with Crippen molar-refractivity contribution in [3.8, 4) is 5.75 Å². The number of hydrogen-bond donors (Lipinski definition) is 2. The molecule has 0 radical (unpaired) electrons. The molecule has 2 N–H and O–H groups in total. The Morgan fingerprint density at radius 2 is 2.27 bits per heavy atom. The van der Waals surface area contributed by atoms with Gasteiger partial charge in [0, 0.05) is 5.56 Å². The molecule has 0 aliphatic carbocycles. The average molecular weight is 305 g/mol. The van der Waals surface area contributed by atoms with Crippen LogP contribution in [0, 0.1) is 0 Å². The molecule has 2 rings (SSSR count). The number of rotatable bonds is 7. The molecule has 1 aromatic rings. The van der Waals surface area contributed by atoms with Gasteiger partial charge in [0.1, 0.15) is 5.75 Å². The van der Waals surface area contributed by atoms with E-state index in [0.717, 1.165) is 5.56 Å². The minimum Gasteiger partial charge on any atom is -0.493 e. The zero-order valence-corrected chi connectivity index (χ0v) is 12.2. The predicted molar refractivity (Wildman–Crippen MR) is 79.9 cm³/mol. The fraction of sp³-hybridized carbons (Fsp3) is 0.375. The number of carbonyl (C=O) groups excluding carboxylic acids is 1. The fourth-order valence-corrected chi connectivity index (χ4v) is 2.33. The molecule has 0 saturated heterocycles. The van der Waals surface area contributed by atoms with Gasteiger partial charge in [-0.2, -0.15) is 0 Å². The highest BCUT2D eigenvalue weighted by Crippen LogP contribution is 2.33. The van der Waals surface area contributed by atoms with Crippen molar-refractivity contribution in [2.45, 2.75) is 18.4 Å². The zero-order valence-electron chi connectivity index (χ0n) is 12.2. The van der Waals surface area contributed by atoms with Gasteiger partial charge in [0.05, 0.1) is 25.7 Å². The summed E-state index contributed by atoms with van der Waals surface area (Å²) in [5.41, 5.74) is 0.780. The van der Waals surface area contributed by atoms with Gasteiger partial charge in [-0.05, 0) is 12.5 Å². The number of fused-ring (bicyclic) bond motifs is 1. The summed E-state index contributed by atoms with van der Waals surface area (Å²) in [6, 6.07) is 6.21. The lowest BCUT2D eigenvalue weighted by Crippen LogP contribution is -2.46. The Hall–Kier alpha value is -2.34. The minimum atomic E-state index is -1.13. The van der Waals surface area contributed by atoms with E-state index in [4.69, 9.17) is 14.6 Å². The molecule has 0 spiro atoms. The minimum absolute atomic E-state index is 0.0992. The Morgan fingerprint density at radius 1 is 1.50 bits per heavy atom. The molecule has 6 nitrogen and oxygen atoms in total. The third-order valence-electron chi connectivity index (χ3n) is 3.41. The molecule has 1 aliphatic heterocycles. The first-order chi connectivity index (χ1) is 10.6. The van der Waals surface area contributed by atoms with E-state index >= 15 is 0 Å². The Balaban J connectivity index is 2.04. The second-order valence-electron chi connectivity index (χ2n) is 4.95. The first-order valence-electron chi connectivity index (χ1n) is 7.07. The standard InChI is InChI=1S/C16H19NO5/c1-2-8-21-10-13(16(19)20)17-15(18)12-7-9-22-14-6-4-3-5-11(12)14/h2-6,12-13H,1,7-10H2,(H,17,18)(H,19,20). The summed E-state index contributed by atoms with van der Waals surface area (Å²) in [5.74, 6) is -1.20. The molecule has 2 unspecified atom stereocenters. The van der Waals surface area contributed by atoms with Gasteiger partial charge in [-0.1, -0.05) is 24.3 Å². The maximum absolute atomic E-state index is 12.4. The van der Waals surface area contributed by atoms with Crippen LogP contribution in [0.5, 0.6) is 5.75 Å². The Morgan fingerprint density at radius 3 is 3.00 bits per heavy atom. The van der Waals surface area contributed by atoms with E-state index in [0.29, 0.717) is 18.8 Å². The van der Waals surface area contributed by atoms with Crippen molar-refractivity contribution in [1.29, 1.82) is 0 Å². The number of aliphatic carboxylic acids is 1. The molecular formula is C16H19NO5. The number of carbonyl (C=O) groups is 2. The van der Waals surface area contributed by atoms with Gasteiger partial charge in [-0.25, -0.2) is 4.79 Å². The lowest BCUT2D eigenvalue weighted by Gasteiger charge is -2.26. The maximum atomic E-state index is 12.4. The molecule has 1 heterocycles. The quantitative estimate of drug-likeness (QED) is 0.586. The van der Waals surface area contributed by atoms with Crippen LogP contribution in [-0.2, 0) is 14.3 Å². The summed E-state index contributed by atoms with van der Waals surface area (Å²) in [5, 5.41) is 11.7. The Bertz CT molecular complexity index is 557. The van der Waals surface area contributed by atoms with Crippen molar-refractivity contribution in [3.63, 3.8) is 0 Å². The Kier molecular flexibility index (Phi) is 5.55. The van der Waals surface area contributed by atoms with E-state index in [1.54, 1.807) is 6.07 Å². The van der Waals surface area contributed by atoms with Crippen LogP contribution in [0.2, 0.25) is 0 Å². The van der Waals surface area contributed by atoms with E-state index in [1.165, 1.54) is 6.08 Å². The van der Waals surface area contributed by atoms with Crippen LogP contribution >= 0.6 is 0 Å². The summed E-state index contributed by atoms with van der Waals surface area (Å²) in [6.45, 7) is 4.06. The van der Waals surface area contributed by atoms with Crippen molar-refractivity contribution in [1.82, 2.24) is 5.32 Å². The maximum Gasteiger partial charge on any atom is 0.328 e. The van der Waals surface area contributed by atoms with Gasteiger partial charge in [-0.15, -0.1) is 6.58 Å². The number of benzene rings is 1. The van der Waals surface area contributed by atoms with Crippen LogP contribution in [0.15, 0.2) is 36.9 Å². The van der Waals surface area contributed by atoms with Crippen molar-refractivity contribution in [2.24, 2.45) is 0 Å². The van der Waals surface area contributed by atoms with Crippen LogP contribution < -0.4 is 10.1 Å². The normalized spacial score (nSPS) is 17.7. The number of ether oxygens (including phenoxy) is 2. The summed E-state index contributed by atoms with van der Waals surface area (Å²) in [6.07, 6.45) is 2.04. The van der Waals surface area contributed by atoms with Gasteiger partial charge < -0.3 is 19.9 Å². The van der Waals surface area contributed by atoms with E-state index in [1.807, 2.05) is 18.2 Å². The molecule has 118 valence electrons. The van der Waals surface area contributed by atoms with Crippen LogP contribution in [0.1, 0.15) is 17.9 Å². The third-order valence-corrected chi connectivity index (χ3v) is 3.41. The number of hydrogen-bond acceptors (Lipinski definition) is 4. The predicted octanol–water partition coefficient (Wildman–Crippen LogP) is 1.32. The topological polar surface area (TPSA) is 84.9 Å². The highest BCUT2D eigenvalue weighted by atomic mass is 16.5. The molecule has 22 heavy (non-hydrogen) atoms. The first-order valence-corrected chi connectivity index (χ1v) is 7.07. The first kappa shape index (κ1) is 16.0. The number of carboxylic acid groups (broad SMARTS) is 1. The zero-order chi connectivity index (χ0) is 15.9. The number of para-hydroxylation sites is 1. The monoisotopic (exact) mass is 305 g/mol. The SMILES string of the molecule is C=CCOCC(NC(=O)C1CCOc2ccccc21)C(=O)O. The molecular weight excluding hydrogens is 286 g/mol. The second-order valence-corrected chi connectivity index (χ2v) is 4.95. The fourth-order valence-electron chi connectivity index (χ4n) is 2.33. The van der Waals surface area contributed by atoms with Crippen molar-refractivity contribution >= 4 is 11.9 Å². The van der Waals surface area contributed by atoms with Gasteiger partial charge in [0.15, 0.2) is 6.04 Å². The average Bonchev–Trinajstić information content (AvgIpc) is 2.53. The van der Waals surface area contributed by atoms with E-state index < -0.39 is 17.9 Å². The summed E-state index contributed by atoms with van der Waals surface area (Å²) < 4.78 is 10.6. The molecule has 6 heteroatoms. The van der Waals surface area contributed by atoms with E-state index in [2.05, 4.69) is 11.9 Å². The molecule has 0 saturated carbocycles. The Labute approximate surface area is 128 Å². The molecule has 2 atom stereocenters. The van der Waals surface area contributed by atoms with Crippen LogP contribution in [-0.4, -0.2) is 42.8 Å². The van der Waals surface area contributed by atoms with Gasteiger partial charge >= 0.3 is 5.97 Å². The van der Waals surface area contributed by atoms with Crippen molar-refractivity contribution < 1.29 is 24.2 Å². The highest BCUT2D eigenvalue weighted by Gasteiger charge is 2.30. The van der Waals surface area contributed by atoms with Gasteiger partial charge in [-0.3, -0.25) is 4.79 Å². The number of nitrogens with one attached hydrogen (secondary N) is 1. The summed E-state index contributed by atoms with van der Waals surface area (Å²) >= 11 is 0. The number of amides is 1. The molecule has 0 aromatic heterocycles. The third kappa shape index (κ3) is 3.85.